The minimum absolute atomic E-state index is 0.0291. The highest BCUT2D eigenvalue weighted by Gasteiger charge is 2.15. The van der Waals surface area contributed by atoms with Gasteiger partial charge in [-0.3, -0.25) is 0 Å². The average molecular weight is 276 g/mol. The number of benzene rings is 1. The number of aryl methyl sites for hydroxylation is 1. The maximum atomic E-state index is 11.9. The number of aromatic nitrogens is 2. The van der Waals surface area contributed by atoms with Gasteiger partial charge in [0.15, 0.2) is 5.03 Å². The van der Waals surface area contributed by atoms with E-state index >= 15 is 0 Å². The highest BCUT2D eigenvalue weighted by atomic mass is 32.2. The number of aromatic amines is 1. The van der Waals surface area contributed by atoms with Crippen molar-refractivity contribution in [1.29, 1.82) is 5.26 Å². The van der Waals surface area contributed by atoms with Gasteiger partial charge in [-0.15, -0.1) is 0 Å². The Morgan fingerprint density at radius 2 is 2.26 bits per heavy atom. The van der Waals surface area contributed by atoms with E-state index in [0.717, 1.165) is 5.56 Å². The lowest BCUT2D eigenvalue weighted by Gasteiger charge is -2.05. The second-order valence-corrected chi connectivity index (χ2v) is 5.70. The number of H-pyrrole nitrogens is 1. The Hall–Kier alpha value is -2.17. The molecule has 0 radical (unpaired) electrons. The van der Waals surface area contributed by atoms with Gasteiger partial charge in [-0.1, -0.05) is 12.1 Å². The van der Waals surface area contributed by atoms with Gasteiger partial charge in [-0.2, -0.15) is 5.26 Å². The molecule has 98 valence electrons. The molecule has 1 aromatic carbocycles. The molecule has 0 aliphatic rings. The molecule has 0 unspecified atom stereocenters. The first-order valence-electron chi connectivity index (χ1n) is 5.51. The molecule has 0 fully saturated rings. The van der Waals surface area contributed by atoms with Crippen molar-refractivity contribution >= 4 is 10.0 Å². The Morgan fingerprint density at radius 1 is 1.47 bits per heavy atom. The fraction of sp³-hybridized carbons (Fsp3) is 0.167. The van der Waals surface area contributed by atoms with Crippen LogP contribution in [0.3, 0.4) is 0 Å². The van der Waals surface area contributed by atoms with Gasteiger partial charge < -0.3 is 4.98 Å². The molecule has 1 heterocycles. The fourth-order valence-corrected chi connectivity index (χ4v) is 2.53. The summed E-state index contributed by atoms with van der Waals surface area (Å²) in [6.45, 7) is 1.80. The molecule has 7 heteroatoms. The minimum Gasteiger partial charge on any atom is -0.332 e. The molecule has 0 bridgehead atoms. The Bertz CT molecular complexity index is 728. The van der Waals surface area contributed by atoms with Gasteiger partial charge in [0.2, 0.25) is 0 Å². The van der Waals surface area contributed by atoms with Gasteiger partial charge in [0, 0.05) is 6.54 Å². The van der Waals surface area contributed by atoms with E-state index in [2.05, 4.69) is 14.7 Å². The third kappa shape index (κ3) is 3.19. The summed E-state index contributed by atoms with van der Waals surface area (Å²) in [5.74, 6) is 0.534. The van der Waals surface area contributed by atoms with Crippen LogP contribution < -0.4 is 4.72 Å². The summed E-state index contributed by atoms with van der Waals surface area (Å²) in [5.41, 5.74) is 1.22. The zero-order chi connectivity index (χ0) is 13.9. The summed E-state index contributed by atoms with van der Waals surface area (Å²) in [7, 11) is -3.61. The first kappa shape index (κ1) is 13.3. The van der Waals surface area contributed by atoms with Crippen molar-refractivity contribution in [2.75, 3.05) is 0 Å². The van der Waals surface area contributed by atoms with Crippen LogP contribution in [0, 0.1) is 18.3 Å². The number of nitriles is 1. The largest absolute Gasteiger partial charge is 0.332 e. The SMILES string of the molecule is Cc1ncc(S(=O)(=O)NCc2cccc(C#N)c2)[nH]1. The topological polar surface area (TPSA) is 98.6 Å². The number of nitrogens with zero attached hydrogens (tertiary/aromatic N) is 2. The predicted molar refractivity (Wildman–Crippen MR) is 68.5 cm³/mol. The predicted octanol–water partition coefficient (Wildman–Crippen LogP) is 1.07. The molecular formula is C12H12N4O2S. The molecular weight excluding hydrogens is 264 g/mol. The van der Waals surface area contributed by atoms with Crippen molar-refractivity contribution in [3.63, 3.8) is 0 Å². The van der Waals surface area contributed by atoms with Gasteiger partial charge in [-0.05, 0) is 24.6 Å². The second kappa shape index (κ2) is 5.22. The highest BCUT2D eigenvalue weighted by Crippen LogP contribution is 2.08. The molecule has 6 nitrogen and oxygen atoms in total. The third-order valence-corrected chi connectivity index (χ3v) is 3.80. The van der Waals surface area contributed by atoms with Crippen LogP contribution in [-0.2, 0) is 16.6 Å². The van der Waals surface area contributed by atoms with E-state index in [-0.39, 0.29) is 11.6 Å². The molecule has 0 amide bonds. The van der Waals surface area contributed by atoms with Crippen LogP contribution in [-0.4, -0.2) is 18.4 Å². The molecule has 2 N–H and O–H groups in total. The molecule has 0 spiro atoms. The first-order valence-corrected chi connectivity index (χ1v) is 7.00. The Labute approximate surface area is 111 Å². The zero-order valence-corrected chi connectivity index (χ0v) is 11.0. The number of nitrogens with one attached hydrogen (secondary N) is 2. The van der Waals surface area contributed by atoms with E-state index in [9.17, 15) is 8.42 Å². The summed E-state index contributed by atoms with van der Waals surface area (Å²) < 4.78 is 26.3. The number of hydrogen-bond acceptors (Lipinski definition) is 4. The highest BCUT2D eigenvalue weighted by molar-refractivity contribution is 7.89. The second-order valence-electron chi connectivity index (χ2n) is 3.97. The van der Waals surface area contributed by atoms with Crippen LogP contribution in [0.2, 0.25) is 0 Å². The van der Waals surface area contributed by atoms with E-state index in [1.165, 1.54) is 6.20 Å². The number of sulfonamides is 1. The van der Waals surface area contributed by atoms with Crippen LogP contribution >= 0.6 is 0 Å². The van der Waals surface area contributed by atoms with Gasteiger partial charge in [0.25, 0.3) is 10.0 Å². The van der Waals surface area contributed by atoms with E-state index < -0.39 is 10.0 Å². The Morgan fingerprint density at radius 3 is 2.89 bits per heavy atom. The fourth-order valence-electron chi connectivity index (χ4n) is 1.54. The smallest absolute Gasteiger partial charge is 0.257 e. The average Bonchev–Trinajstić information content (AvgIpc) is 2.84. The third-order valence-electron chi connectivity index (χ3n) is 2.49. The van der Waals surface area contributed by atoms with Crippen LogP contribution in [0.25, 0.3) is 0 Å². The summed E-state index contributed by atoms with van der Waals surface area (Å²) in [5, 5.41) is 8.80. The lowest BCUT2D eigenvalue weighted by molar-refractivity contribution is 0.578. The summed E-state index contributed by atoms with van der Waals surface area (Å²) in [4.78, 5) is 6.51. The summed E-state index contributed by atoms with van der Waals surface area (Å²) in [6, 6.07) is 8.77. The van der Waals surface area contributed by atoms with E-state index in [4.69, 9.17) is 5.26 Å². The summed E-state index contributed by atoms with van der Waals surface area (Å²) >= 11 is 0. The molecule has 0 saturated heterocycles. The van der Waals surface area contributed by atoms with Crippen molar-refractivity contribution < 1.29 is 8.42 Å². The maximum absolute atomic E-state index is 11.9. The molecule has 0 aliphatic carbocycles. The van der Waals surface area contributed by atoms with Gasteiger partial charge >= 0.3 is 0 Å². The normalized spacial score (nSPS) is 11.2. The maximum Gasteiger partial charge on any atom is 0.257 e. The van der Waals surface area contributed by atoms with Gasteiger partial charge in [-0.25, -0.2) is 18.1 Å². The monoisotopic (exact) mass is 276 g/mol. The minimum atomic E-state index is -3.61. The van der Waals surface area contributed by atoms with Crippen LogP contribution in [0.1, 0.15) is 17.0 Å². The van der Waals surface area contributed by atoms with E-state index in [1.54, 1.807) is 31.2 Å². The number of rotatable bonds is 4. The number of imidazole rings is 1. The molecule has 2 aromatic rings. The Balaban J connectivity index is 2.12. The molecule has 0 aliphatic heterocycles. The van der Waals surface area contributed by atoms with E-state index in [0.29, 0.717) is 11.4 Å². The van der Waals surface area contributed by atoms with E-state index in [1.807, 2.05) is 6.07 Å². The molecule has 1 aromatic heterocycles. The van der Waals surface area contributed by atoms with Crippen molar-refractivity contribution in [2.24, 2.45) is 0 Å². The van der Waals surface area contributed by atoms with Crippen LogP contribution in [0.4, 0.5) is 0 Å². The number of hydrogen-bond donors (Lipinski definition) is 2. The molecule has 0 atom stereocenters. The van der Waals surface area contributed by atoms with Gasteiger partial charge in [0.1, 0.15) is 5.82 Å². The van der Waals surface area contributed by atoms with Crippen LogP contribution in [0.15, 0.2) is 35.5 Å². The zero-order valence-electron chi connectivity index (χ0n) is 10.2. The van der Waals surface area contributed by atoms with Crippen molar-refractivity contribution in [3.05, 3.63) is 47.4 Å². The lowest BCUT2D eigenvalue weighted by atomic mass is 10.1. The molecule has 19 heavy (non-hydrogen) atoms. The first-order chi connectivity index (χ1) is 9.01. The molecule has 0 saturated carbocycles. The van der Waals surface area contributed by atoms with Crippen molar-refractivity contribution in [3.8, 4) is 6.07 Å². The van der Waals surface area contributed by atoms with Gasteiger partial charge in [0.05, 0.1) is 17.8 Å². The van der Waals surface area contributed by atoms with Crippen molar-refractivity contribution in [1.82, 2.24) is 14.7 Å². The lowest BCUT2D eigenvalue weighted by Crippen LogP contribution is -2.23. The quantitative estimate of drug-likeness (QED) is 0.872. The Kier molecular flexibility index (Phi) is 3.64. The van der Waals surface area contributed by atoms with Crippen molar-refractivity contribution in [2.45, 2.75) is 18.5 Å². The standard InChI is InChI=1S/C12H12N4O2S/c1-9-14-8-12(16-9)19(17,18)15-7-11-4-2-3-10(5-11)6-13/h2-5,8,15H,7H2,1H3,(H,14,16). The summed E-state index contributed by atoms with van der Waals surface area (Å²) in [6.07, 6.45) is 1.27. The van der Waals surface area contributed by atoms with Crippen LogP contribution in [0.5, 0.6) is 0 Å². The molecule has 2 rings (SSSR count).